The van der Waals surface area contributed by atoms with Gasteiger partial charge in [0.15, 0.2) is 0 Å². The van der Waals surface area contributed by atoms with Crippen molar-refractivity contribution in [2.45, 2.75) is 26.3 Å². The number of hydrogen-bond acceptors (Lipinski definition) is 4. The van der Waals surface area contributed by atoms with Crippen molar-refractivity contribution in [1.29, 1.82) is 0 Å². The molecule has 3 aromatic rings. The van der Waals surface area contributed by atoms with Crippen LogP contribution in [0.4, 0.5) is 5.69 Å². The zero-order chi connectivity index (χ0) is 19.5. The molecule has 0 fully saturated rings. The van der Waals surface area contributed by atoms with Crippen molar-refractivity contribution in [3.05, 3.63) is 53.7 Å². The molecule has 6 nitrogen and oxygen atoms in total. The van der Waals surface area contributed by atoms with Crippen molar-refractivity contribution < 1.29 is 14.3 Å². The quantitative estimate of drug-likeness (QED) is 0.688. The Labute approximate surface area is 164 Å². The van der Waals surface area contributed by atoms with E-state index in [0.29, 0.717) is 32.7 Å². The zero-order valence-electron chi connectivity index (χ0n) is 16.0. The number of anilines is 1. The van der Waals surface area contributed by atoms with E-state index in [9.17, 15) is 4.79 Å². The van der Waals surface area contributed by atoms with Crippen molar-refractivity contribution in [2.75, 3.05) is 24.7 Å². The van der Waals surface area contributed by atoms with Crippen LogP contribution < -0.4 is 20.1 Å². The van der Waals surface area contributed by atoms with E-state index in [1.165, 1.54) is 0 Å². The van der Waals surface area contributed by atoms with Gasteiger partial charge in [-0.1, -0.05) is 13.0 Å². The van der Waals surface area contributed by atoms with Crippen molar-refractivity contribution in [1.82, 2.24) is 4.98 Å². The third-order valence-electron chi connectivity index (χ3n) is 4.98. The number of carbonyl (C=O) groups excluding carboxylic acids is 1. The summed E-state index contributed by atoms with van der Waals surface area (Å²) in [5.41, 5.74) is 9.50. The van der Waals surface area contributed by atoms with Crippen LogP contribution in [0.25, 0.3) is 10.9 Å². The van der Waals surface area contributed by atoms with Crippen LogP contribution in [-0.4, -0.2) is 30.6 Å². The van der Waals surface area contributed by atoms with Gasteiger partial charge in [-0.15, -0.1) is 0 Å². The number of carbonyl (C=O) groups is 1. The average molecular weight is 379 g/mol. The lowest BCUT2D eigenvalue weighted by atomic mass is 10.1. The van der Waals surface area contributed by atoms with Crippen LogP contribution in [0.1, 0.15) is 24.5 Å². The van der Waals surface area contributed by atoms with E-state index in [4.69, 9.17) is 15.2 Å². The van der Waals surface area contributed by atoms with Gasteiger partial charge in [0.25, 0.3) is 0 Å². The molecule has 1 amide bonds. The molecule has 146 valence electrons. The minimum absolute atomic E-state index is 0.0412. The third kappa shape index (κ3) is 3.55. The molecule has 0 bridgehead atoms. The molecule has 0 atom stereocenters. The van der Waals surface area contributed by atoms with Crippen LogP contribution in [-0.2, 0) is 17.8 Å². The lowest BCUT2D eigenvalue weighted by Gasteiger charge is -2.30. The number of hydrogen-bond donors (Lipinski definition) is 2. The molecule has 0 spiro atoms. The predicted octanol–water partition coefficient (Wildman–Crippen LogP) is 3.38. The van der Waals surface area contributed by atoms with E-state index in [1.807, 2.05) is 42.6 Å². The van der Waals surface area contributed by atoms with Gasteiger partial charge in [0, 0.05) is 23.6 Å². The monoisotopic (exact) mass is 379 g/mol. The summed E-state index contributed by atoms with van der Waals surface area (Å²) in [6.07, 6.45) is 3.17. The van der Waals surface area contributed by atoms with Crippen LogP contribution in [0.15, 0.2) is 42.6 Å². The number of nitrogens with two attached hydrogens (primary N) is 1. The van der Waals surface area contributed by atoms with Gasteiger partial charge in [-0.25, -0.2) is 0 Å². The van der Waals surface area contributed by atoms with Gasteiger partial charge < -0.3 is 25.1 Å². The second kappa shape index (κ2) is 7.94. The number of rotatable bonds is 6. The Morgan fingerprint density at radius 1 is 1.29 bits per heavy atom. The first-order valence-corrected chi connectivity index (χ1v) is 9.68. The molecule has 0 saturated carbocycles. The fraction of sp³-hybridized carbons (Fsp3) is 0.318. The summed E-state index contributed by atoms with van der Waals surface area (Å²) in [6.45, 7) is 4.21. The molecule has 1 aliphatic rings. The summed E-state index contributed by atoms with van der Waals surface area (Å²) in [6, 6.07) is 11.7. The molecular weight excluding hydrogens is 354 g/mol. The number of aromatic nitrogens is 1. The normalized spacial score (nSPS) is 13.3. The molecule has 2 heterocycles. The second-order valence-electron chi connectivity index (χ2n) is 6.95. The molecule has 1 aliphatic heterocycles. The second-order valence-corrected chi connectivity index (χ2v) is 6.95. The number of aromatic amines is 1. The molecule has 0 radical (unpaired) electrons. The highest BCUT2D eigenvalue weighted by atomic mass is 16.5. The molecule has 28 heavy (non-hydrogen) atoms. The summed E-state index contributed by atoms with van der Waals surface area (Å²) >= 11 is 0. The minimum atomic E-state index is 0.0412. The lowest BCUT2D eigenvalue weighted by molar-refractivity contribution is -0.118. The number of nitrogens with zero attached hydrogens (tertiary/aromatic N) is 1. The van der Waals surface area contributed by atoms with Crippen molar-refractivity contribution >= 4 is 22.5 Å². The van der Waals surface area contributed by atoms with Crippen LogP contribution in [0, 0.1) is 0 Å². The molecule has 0 saturated heterocycles. The number of benzene rings is 2. The Kier molecular flexibility index (Phi) is 5.21. The van der Waals surface area contributed by atoms with E-state index in [2.05, 4.69) is 11.9 Å². The molecule has 0 unspecified atom stereocenters. The molecule has 1 aromatic heterocycles. The first-order valence-electron chi connectivity index (χ1n) is 9.68. The van der Waals surface area contributed by atoms with Crippen LogP contribution >= 0.6 is 0 Å². The van der Waals surface area contributed by atoms with Crippen molar-refractivity contribution in [3.8, 4) is 11.5 Å². The molecule has 4 rings (SSSR count). The van der Waals surface area contributed by atoms with E-state index >= 15 is 0 Å². The highest BCUT2D eigenvalue weighted by molar-refractivity contribution is 5.99. The lowest BCUT2D eigenvalue weighted by Crippen LogP contribution is -2.39. The van der Waals surface area contributed by atoms with E-state index in [-0.39, 0.29) is 5.91 Å². The summed E-state index contributed by atoms with van der Waals surface area (Å²) < 4.78 is 11.4. The maximum Gasteiger partial charge on any atom is 0.231 e. The Bertz CT molecular complexity index is 996. The zero-order valence-corrected chi connectivity index (χ0v) is 16.0. The van der Waals surface area contributed by atoms with E-state index < -0.39 is 0 Å². The summed E-state index contributed by atoms with van der Waals surface area (Å²) in [5, 5.41) is 1.02. The fourth-order valence-corrected chi connectivity index (χ4v) is 3.52. The molecule has 0 aliphatic carbocycles. The van der Waals surface area contributed by atoms with Gasteiger partial charge in [-0.3, -0.25) is 4.79 Å². The van der Waals surface area contributed by atoms with Crippen molar-refractivity contribution in [3.63, 3.8) is 0 Å². The number of H-pyrrole nitrogens is 1. The van der Waals surface area contributed by atoms with Gasteiger partial charge in [-0.2, -0.15) is 0 Å². The van der Waals surface area contributed by atoms with Gasteiger partial charge >= 0.3 is 0 Å². The van der Waals surface area contributed by atoms with Gasteiger partial charge in [-0.05, 0) is 47.9 Å². The molecule has 3 N–H and O–H groups in total. The first kappa shape index (κ1) is 18.4. The van der Waals surface area contributed by atoms with Gasteiger partial charge in [0.2, 0.25) is 5.91 Å². The fourth-order valence-electron chi connectivity index (χ4n) is 3.52. The summed E-state index contributed by atoms with van der Waals surface area (Å²) in [4.78, 5) is 18.2. The molecule has 2 aromatic carbocycles. The number of amides is 1. The number of fused-ring (bicyclic) bond motifs is 2. The molecular formula is C22H25N3O3. The Balaban J connectivity index is 1.59. The minimum Gasteiger partial charge on any atom is -0.494 e. The highest BCUT2D eigenvalue weighted by Gasteiger charge is 2.24. The standard InChI is InChI=1S/C22H25N3O3/c1-2-8-27-17-4-5-19-18(12-17)16(14-24-19)11-22(26)25-7-9-28-21-6-3-15(13-23)10-20(21)25/h3-6,10,12,14,24H,2,7-9,11,13,23H2,1H3. The van der Waals surface area contributed by atoms with Gasteiger partial charge in [0.1, 0.15) is 18.1 Å². The SMILES string of the molecule is CCCOc1ccc2[nH]cc(CC(=O)N3CCOc4ccc(CN)cc43)c2c1. The topological polar surface area (TPSA) is 80.6 Å². The van der Waals surface area contributed by atoms with E-state index in [0.717, 1.165) is 45.6 Å². The predicted molar refractivity (Wildman–Crippen MR) is 110 cm³/mol. The average Bonchev–Trinajstić information content (AvgIpc) is 3.13. The maximum atomic E-state index is 13.1. The maximum absolute atomic E-state index is 13.1. The third-order valence-corrected chi connectivity index (χ3v) is 4.98. The number of ether oxygens (including phenoxy) is 2. The van der Waals surface area contributed by atoms with Crippen LogP contribution in [0.2, 0.25) is 0 Å². The van der Waals surface area contributed by atoms with Crippen LogP contribution in [0.5, 0.6) is 11.5 Å². The van der Waals surface area contributed by atoms with Crippen molar-refractivity contribution in [2.24, 2.45) is 5.73 Å². The van der Waals surface area contributed by atoms with Crippen LogP contribution in [0.3, 0.4) is 0 Å². The summed E-state index contributed by atoms with van der Waals surface area (Å²) in [5.74, 6) is 1.59. The Hall–Kier alpha value is -2.99. The molecule has 6 heteroatoms. The summed E-state index contributed by atoms with van der Waals surface area (Å²) in [7, 11) is 0. The highest BCUT2D eigenvalue weighted by Crippen LogP contribution is 2.33. The smallest absolute Gasteiger partial charge is 0.231 e. The largest absolute Gasteiger partial charge is 0.494 e. The Morgan fingerprint density at radius 2 is 2.18 bits per heavy atom. The number of nitrogens with one attached hydrogen (secondary N) is 1. The van der Waals surface area contributed by atoms with E-state index in [1.54, 1.807) is 4.90 Å². The Morgan fingerprint density at radius 3 is 3.00 bits per heavy atom. The van der Waals surface area contributed by atoms with Gasteiger partial charge in [0.05, 0.1) is 25.3 Å². The first-order chi connectivity index (χ1) is 13.7.